The van der Waals surface area contributed by atoms with Crippen LogP contribution >= 0.6 is 0 Å². The van der Waals surface area contributed by atoms with Crippen molar-refractivity contribution >= 4 is 25.5 Å². The second-order valence-corrected chi connectivity index (χ2v) is 2.73. The topological polar surface area (TPSA) is 0 Å². The van der Waals surface area contributed by atoms with Gasteiger partial charge in [0.15, 0.2) is 0 Å². The van der Waals surface area contributed by atoms with E-state index in [0.717, 1.165) is 0 Å². The molecule has 0 spiro atoms. The summed E-state index contributed by atoms with van der Waals surface area (Å²) in [6.45, 7) is 0. The Morgan fingerprint density at radius 3 is 1.60 bits per heavy atom. The van der Waals surface area contributed by atoms with Crippen LogP contribution in [-0.2, 0) is 0 Å². The van der Waals surface area contributed by atoms with Crippen molar-refractivity contribution in [3.63, 3.8) is 0 Å². The average Bonchev–Trinajstić information content (AvgIpc) is 1.38. The van der Waals surface area contributed by atoms with Crippen molar-refractivity contribution in [2.75, 3.05) is 0 Å². The molecule has 0 aliphatic rings. The molecule has 0 nitrogen and oxygen atoms in total. The molecular weight excluding hydrogens is 170 g/mol. The molecule has 0 amide bonds. The Hall–Kier alpha value is 0.990. The number of halogens is 1. The Labute approximate surface area is 46.5 Å². The molecule has 0 saturated carbocycles. The fourth-order valence-electron chi connectivity index (χ4n) is 0. The van der Waals surface area contributed by atoms with Gasteiger partial charge in [-0.1, -0.05) is 0 Å². The van der Waals surface area contributed by atoms with Crippen LogP contribution in [0.1, 0.15) is 0 Å². The number of rotatable bonds is 1. The Morgan fingerprint density at radius 2 is 1.60 bits per heavy atom. The van der Waals surface area contributed by atoms with Gasteiger partial charge in [-0.25, -0.2) is 0 Å². The van der Waals surface area contributed by atoms with E-state index in [1.54, 1.807) is 0 Å². The van der Waals surface area contributed by atoms with E-state index in [2.05, 4.69) is 0 Å². The molecule has 0 heterocycles. The molecule has 20 valence electrons. The van der Waals surface area contributed by atoms with E-state index >= 15 is 0 Å². The summed E-state index contributed by atoms with van der Waals surface area (Å²) in [6, 6.07) is 0. The Bertz CT molecular complexity index is 17.6. The summed E-state index contributed by atoms with van der Waals surface area (Å²) in [4.78, 5) is 0. The minimum absolute atomic E-state index is 0.228. The first kappa shape index (κ1) is 5.99. The fraction of sp³-hybridized carbons (Fsp3) is 0. The summed E-state index contributed by atoms with van der Waals surface area (Å²) in [5.41, 5.74) is 5.03. The van der Waals surface area contributed by atoms with Gasteiger partial charge >= 0.3 is 46.3 Å². The summed E-state index contributed by atoms with van der Waals surface area (Å²) in [5, 5.41) is 0. The second-order valence-electron chi connectivity index (χ2n) is 0.570. The molecule has 5 heteroatoms. The summed E-state index contributed by atoms with van der Waals surface area (Å²) in [6.07, 6.45) is 0. The zero-order valence-corrected chi connectivity index (χ0v) is 4.84. The molecule has 6 radical (unpaired) electrons. The van der Waals surface area contributed by atoms with Crippen molar-refractivity contribution in [2.24, 2.45) is 0 Å². The van der Waals surface area contributed by atoms with Gasteiger partial charge in [-0.3, -0.25) is 0 Å². The number of hydrogen-bond acceptors (Lipinski definition) is 0. The van der Waals surface area contributed by atoms with Gasteiger partial charge in [-0.15, -0.1) is 0 Å². The Kier molecular flexibility index (Phi) is 3.82. The molecule has 0 bridgehead atoms. The normalized spacial score (nSPS) is 8.00. The van der Waals surface area contributed by atoms with E-state index in [1.165, 1.54) is 0 Å². The van der Waals surface area contributed by atoms with Crippen LogP contribution in [0.3, 0.4) is 0 Å². The number of hydrogen-bond donors (Lipinski definition) is 0. The van der Waals surface area contributed by atoms with E-state index in [1.807, 2.05) is 0 Å². The van der Waals surface area contributed by atoms with Crippen molar-refractivity contribution < 1.29 is 20.8 Å². The molecule has 0 fully saturated rings. The van der Waals surface area contributed by atoms with E-state index in [9.17, 15) is 0 Å². The summed E-state index contributed by atoms with van der Waals surface area (Å²) in [7, 11) is 9.99. The van der Waals surface area contributed by atoms with Gasteiger partial charge < -0.3 is 0 Å². The quantitative estimate of drug-likeness (QED) is 0.275. The minimum atomic E-state index is -0.397. The van der Waals surface area contributed by atoms with Gasteiger partial charge in [0.1, 0.15) is 0 Å². The van der Waals surface area contributed by atoms with Crippen LogP contribution in [0.15, 0.2) is 0 Å². The molecule has 0 N–H and O–H groups in total. The zero-order valence-electron chi connectivity index (χ0n) is 2.69. The van der Waals surface area contributed by atoms with Crippen LogP contribution in [0.25, 0.3) is 0 Å². The molecule has 0 atom stereocenters. The molecule has 0 rings (SSSR count). The molecule has 0 aromatic heterocycles. The molecule has 5 heavy (non-hydrogen) atoms. The van der Waals surface area contributed by atoms with Crippen LogP contribution in [0.2, 0.25) is 0 Å². The predicted octanol–water partition coefficient (Wildman–Crippen LogP) is -4.52. The summed E-state index contributed by atoms with van der Waals surface area (Å²) < 4.78 is -0.228. The van der Waals surface area contributed by atoms with Gasteiger partial charge in [0.05, 0.1) is 0 Å². The maximum atomic E-state index is 5.03. The van der Waals surface area contributed by atoms with Crippen LogP contribution in [0.5, 0.6) is 0 Å². The van der Waals surface area contributed by atoms with Crippen molar-refractivity contribution in [2.45, 2.75) is 0 Å². The van der Waals surface area contributed by atoms with E-state index in [0.29, 0.717) is 0 Å². The van der Waals surface area contributed by atoms with Crippen LogP contribution in [0.4, 0.5) is 0 Å². The van der Waals surface area contributed by atoms with Gasteiger partial charge in [0, 0.05) is 0 Å². The van der Waals surface area contributed by atoms with Gasteiger partial charge in [0.2, 0.25) is 0 Å². The first-order valence-electron chi connectivity index (χ1n) is 1.10. The first-order chi connectivity index (χ1) is 2.27. The molecule has 0 aliphatic heterocycles. The van der Waals surface area contributed by atoms with Crippen LogP contribution < -0.4 is 20.8 Å². The van der Waals surface area contributed by atoms with E-state index in [-0.39, 0.29) is 4.35 Å². The van der Waals surface area contributed by atoms with Crippen molar-refractivity contribution in [1.29, 1.82) is 0 Å². The van der Waals surface area contributed by atoms with E-state index < -0.39 is 20.8 Å². The Morgan fingerprint density at radius 1 is 1.40 bits per heavy atom. The second kappa shape index (κ2) is 3.19. The molecule has 0 aromatic carbocycles. The third-order valence-electron chi connectivity index (χ3n) is 0.145. The SMILES string of the molecule is [B][I-]B([B])[B]. The monoisotopic (exact) mass is 171 g/mol. The maximum absolute atomic E-state index is 5.03. The van der Waals surface area contributed by atoms with Crippen LogP contribution in [-0.4, -0.2) is 25.5 Å². The van der Waals surface area contributed by atoms with Gasteiger partial charge in [-0.2, -0.15) is 0 Å². The standard InChI is InChI=1S/B4I/c1-4(2)5-3/q-1. The fourth-order valence-corrected chi connectivity index (χ4v) is 0. The molecule has 0 unspecified atom stereocenters. The Balaban J connectivity index is 2.54. The van der Waals surface area contributed by atoms with E-state index in [4.69, 9.17) is 21.2 Å². The third-order valence-corrected chi connectivity index (χ3v) is 0.976. The van der Waals surface area contributed by atoms with Crippen molar-refractivity contribution in [3.05, 3.63) is 0 Å². The molecular formula is B4I-. The van der Waals surface area contributed by atoms with Crippen LogP contribution in [0, 0.1) is 0 Å². The molecule has 0 saturated heterocycles. The average molecular weight is 170 g/mol. The third kappa shape index (κ3) is 4.99. The van der Waals surface area contributed by atoms with Gasteiger partial charge in [0.25, 0.3) is 0 Å². The van der Waals surface area contributed by atoms with Crippen molar-refractivity contribution in [1.82, 2.24) is 0 Å². The van der Waals surface area contributed by atoms with Crippen molar-refractivity contribution in [3.8, 4) is 0 Å². The van der Waals surface area contributed by atoms with Gasteiger partial charge in [-0.05, 0) is 0 Å². The summed E-state index contributed by atoms with van der Waals surface area (Å²) >= 11 is -0.397. The molecule has 0 aromatic rings. The zero-order chi connectivity index (χ0) is 4.28. The first-order valence-corrected chi connectivity index (χ1v) is 3.59. The predicted molar refractivity (Wildman–Crippen MR) is 23.0 cm³/mol. The summed E-state index contributed by atoms with van der Waals surface area (Å²) in [5.74, 6) is 0. The molecule has 0 aliphatic carbocycles.